The van der Waals surface area contributed by atoms with Crippen LogP contribution in [0.3, 0.4) is 0 Å². The van der Waals surface area contributed by atoms with Gasteiger partial charge < -0.3 is 10.1 Å². The molecule has 0 bridgehead atoms. The second-order valence-corrected chi connectivity index (χ2v) is 7.72. The highest BCUT2D eigenvalue weighted by atomic mass is 32.2. The maximum Gasteiger partial charge on any atom is 0.306 e. The van der Waals surface area contributed by atoms with E-state index in [0.717, 1.165) is 17.7 Å². The molecule has 0 unspecified atom stereocenters. The molecule has 7 heteroatoms. The van der Waals surface area contributed by atoms with Gasteiger partial charge in [0.15, 0.2) is 5.13 Å². The highest BCUT2D eigenvalue weighted by Gasteiger charge is 2.16. The molecule has 0 aliphatic rings. The Morgan fingerprint density at radius 3 is 2.68 bits per heavy atom. The fourth-order valence-corrected chi connectivity index (χ4v) is 3.65. The van der Waals surface area contributed by atoms with E-state index < -0.39 is 0 Å². The third kappa shape index (κ3) is 5.86. The summed E-state index contributed by atoms with van der Waals surface area (Å²) in [5.74, 6) is 0.171. The van der Waals surface area contributed by atoms with Gasteiger partial charge in [-0.3, -0.25) is 9.59 Å². The van der Waals surface area contributed by atoms with Crippen molar-refractivity contribution in [3.05, 3.63) is 35.2 Å². The van der Waals surface area contributed by atoms with Crippen LogP contribution in [0.25, 0.3) is 11.3 Å². The molecule has 0 fully saturated rings. The number of amides is 1. The predicted molar refractivity (Wildman–Crippen MR) is 104 cm³/mol. The summed E-state index contributed by atoms with van der Waals surface area (Å²) in [6, 6.07) is 8.27. The van der Waals surface area contributed by atoms with Crippen molar-refractivity contribution in [3.8, 4) is 11.3 Å². The number of carbonyl (C=O) groups is 2. The molecule has 1 heterocycles. The molecule has 5 nitrogen and oxygen atoms in total. The zero-order chi connectivity index (χ0) is 18.2. The largest absolute Gasteiger partial charge is 0.469 e. The summed E-state index contributed by atoms with van der Waals surface area (Å²) in [5, 5.41) is 5.09. The number of esters is 1. The van der Waals surface area contributed by atoms with Gasteiger partial charge in [0.1, 0.15) is 0 Å². The smallest absolute Gasteiger partial charge is 0.306 e. The average molecular weight is 379 g/mol. The van der Waals surface area contributed by atoms with Crippen LogP contribution in [-0.2, 0) is 20.7 Å². The molecule has 2 rings (SSSR count). The highest BCUT2D eigenvalue weighted by Crippen LogP contribution is 2.26. The topological polar surface area (TPSA) is 68.3 Å². The van der Waals surface area contributed by atoms with Crippen molar-refractivity contribution in [2.45, 2.75) is 31.9 Å². The van der Waals surface area contributed by atoms with E-state index in [9.17, 15) is 9.59 Å². The lowest BCUT2D eigenvalue weighted by molar-refractivity contribution is -0.140. The molecule has 134 valence electrons. The fourth-order valence-electron chi connectivity index (χ4n) is 2.08. The molecule has 0 aliphatic heterocycles. The van der Waals surface area contributed by atoms with Gasteiger partial charge in [-0.2, -0.15) is 0 Å². The molecular formula is C18H22N2O3S2. The van der Waals surface area contributed by atoms with Gasteiger partial charge in [-0.15, -0.1) is 23.1 Å². The maximum absolute atomic E-state index is 12.2. The van der Waals surface area contributed by atoms with E-state index in [-0.39, 0.29) is 17.1 Å². The van der Waals surface area contributed by atoms with Gasteiger partial charge in [-0.25, -0.2) is 4.98 Å². The number of carbonyl (C=O) groups excluding carboxylic acids is 2. The monoisotopic (exact) mass is 378 g/mol. The Labute approximate surface area is 156 Å². The van der Waals surface area contributed by atoms with Crippen LogP contribution in [0.15, 0.2) is 29.6 Å². The van der Waals surface area contributed by atoms with Crippen molar-refractivity contribution in [1.82, 2.24) is 4.98 Å². The first-order chi connectivity index (χ1) is 12.0. The molecule has 1 N–H and O–H groups in total. The summed E-state index contributed by atoms with van der Waals surface area (Å²) in [5.41, 5.74) is 3.17. The first kappa shape index (κ1) is 19.5. The van der Waals surface area contributed by atoms with Gasteiger partial charge in [0, 0.05) is 16.7 Å². The number of thioether (sulfide) groups is 1. The number of nitrogens with one attached hydrogen (secondary N) is 1. The minimum Gasteiger partial charge on any atom is -0.469 e. The van der Waals surface area contributed by atoms with Gasteiger partial charge in [-0.05, 0) is 18.9 Å². The Hall–Kier alpha value is -1.86. The van der Waals surface area contributed by atoms with Crippen LogP contribution in [0.1, 0.15) is 25.8 Å². The molecule has 0 saturated carbocycles. The van der Waals surface area contributed by atoms with E-state index in [1.165, 1.54) is 35.8 Å². The standard InChI is InChI=1S/C18H22N2O3S2/c1-4-13-5-7-14(8-6-13)15-11-25-18(19-15)20-17(22)12(2)24-10-9-16(21)23-3/h5-8,11-12H,4,9-10H2,1-3H3,(H,19,20,22)/t12-/m1/s1. The lowest BCUT2D eigenvalue weighted by Gasteiger charge is -2.09. The summed E-state index contributed by atoms with van der Waals surface area (Å²) in [7, 11) is 1.36. The maximum atomic E-state index is 12.2. The lowest BCUT2D eigenvalue weighted by Crippen LogP contribution is -2.23. The molecular weight excluding hydrogens is 356 g/mol. The fraction of sp³-hybridized carbons (Fsp3) is 0.389. The van der Waals surface area contributed by atoms with E-state index in [1.54, 1.807) is 0 Å². The number of ether oxygens (including phenoxy) is 1. The first-order valence-corrected chi connectivity index (χ1v) is 10.0. The number of rotatable bonds is 8. The third-order valence-corrected chi connectivity index (χ3v) is 5.57. The van der Waals surface area contributed by atoms with Gasteiger partial charge >= 0.3 is 5.97 Å². The summed E-state index contributed by atoms with van der Waals surface area (Å²) in [6.07, 6.45) is 1.30. The Balaban J connectivity index is 1.89. The van der Waals surface area contributed by atoms with Crippen LogP contribution in [0.4, 0.5) is 5.13 Å². The van der Waals surface area contributed by atoms with Crippen molar-refractivity contribution >= 4 is 40.1 Å². The van der Waals surface area contributed by atoms with Crippen LogP contribution in [0, 0.1) is 0 Å². The second kappa shape index (κ2) is 9.58. The molecule has 0 aliphatic carbocycles. The zero-order valence-electron chi connectivity index (χ0n) is 14.6. The predicted octanol–water partition coefficient (Wildman–Crippen LogP) is 4.00. The van der Waals surface area contributed by atoms with Gasteiger partial charge in [0.2, 0.25) is 5.91 Å². The lowest BCUT2D eigenvalue weighted by atomic mass is 10.1. The number of aromatic nitrogens is 1. The van der Waals surface area contributed by atoms with Gasteiger partial charge in [0.25, 0.3) is 0 Å². The van der Waals surface area contributed by atoms with Crippen molar-refractivity contribution in [1.29, 1.82) is 0 Å². The van der Waals surface area contributed by atoms with Gasteiger partial charge in [0.05, 0.1) is 24.5 Å². The van der Waals surface area contributed by atoms with E-state index in [4.69, 9.17) is 0 Å². The Morgan fingerprint density at radius 1 is 1.32 bits per heavy atom. The number of methoxy groups -OCH3 is 1. The normalized spacial score (nSPS) is 11.8. The molecule has 0 saturated heterocycles. The average Bonchev–Trinajstić information content (AvgIpc) is 3.09. The van der Waals surface area contributed by atoms with Crippen LogP contribution < -0.4 is 5.32 Å². The van der Waals surface area contributed by atoms with Crippen molar-refractivity contribution in [2.24, 2.45) is 0 Å². The number of benzene rings is 1. The van der Waals surface area contributed by atoms with Crippen LogP contribution in [0.5, 0.6) is 0 Å². The molecule has 1 aromatic heterocycles. The van der Waals surface area contributed by atoms with Crippen molar-refractivity contribution in [2.75, 3.05) is 18.2 Å². The first-order valence-electron chi connectivity index (χ1n) is 8.07. The van der Waals surface area contributed by atoms with E-state index >= 15 is 0 Å². The third-order valence-electron chi connectivity index (χ3n) is 3.66. The highest BCUT2D eigenvalue weighted by molar-refractivity contribution is 8.00. The molecule has 1 atom stereocenters. The number of anilines is 1. The van der Waals surface area contributed by atoms with E-state index in [2.05, 4.69) is 34.1 Å². The van der Waals surface area contributed by atoms with E-state index in [0.29, 0.717) is 17.3 Å². The number of hydrogen-bond acceptors (Lipinski definition) is 6. The summed E-state index contributed by atoms with van der Waals surface area (Å²) < 4.78 is 4.59. The quantitative estimate of drug-likeness (QED) is 0.703. The molecule has 25 heavy (non-hydrogen) atoms. The molecule has 0 radical (unpaired) electrons. The molecule has 1 amide bonds. The molecule has 0 spiro atoms. The number of thiazole rings is 1. The second-order valence-electron chi connectivity index (χ2n) is 5.42. The Kier molecular flexibility index (Phi) is 7.46. The summed E-state index contributed by atoms with van der Waals surface area (Å²) in [6.45, 7) is 3.94. The number of hydrogen-bond donors (Lipinski definition) is 1. The van der Waals surface area contributed by atoms with Crippen LogP contribution in [0.2, 0.25) is 0 Å². The van der Waals surface area contributed by atoms with Crippen molar-refractivity contribution < 1.29 is 14.3 Å². The summed E-state index contributed by atoms with van der Waals surface area (Å²) in [4.78, 5) is 27.8. The minimum atomic E-state index is -0.265. The van der Waals surface area contributed by atoms with Crippen LogP contribution >= 0.6 is 23.1 Å². The minimum absolute atomic E-state index is 0.114. The number of aryl methyl sites for hydroxylation is 1. The van der Waals surface area contributed by atoms with Gasteiger partial charge in [-0.1, -0.05) is 31.2 Å². The van der Waals surface area contributed by atoms with Crippen LogP contribution in [-0.4, -0.2) is 35.0 Å². The zero-order valence-corrected chi connectivity index (χ0v) is 16.2. The SMILES string of the molecule is CCc1ccc(-c2csc(NC(=O)[C@@H](C)SCCC(=O)OC)n2)cc1. The van der Waals surface area contributed by atoms with E-state index in [1.807, 2.05) is 24.4 Å². The summed E-state index contributed by atoms with van der Waals surface area (Å²) >= 11 is 2.82. The Bertz CT molecular complexity index is 713. The van der Waals surface area contributed by atoms with Crippen molar-refractivity contribution in [3.63, 3.8) is 0 Å². The molecule has 2 aromatic rings. The molecule has 1 aromatic carbocycles. The Morgan fingerprint density at radius 2 is 2.04 bits per heavy atom. The number of nitrogens with zero attached hydrogens (tertiary/aromatic N) is 1.